The van der Waals surface area contributed by atoms with Crippen LogP contribution in [-0.4, -0.2) is 25.7 Å². The topological polar surface area (TPSA) is 38.3 Å². The minimum Gasteiger partial charge on any atom is -0.382 e. The van der Waals surface area contributed by atoms with Crippen molar-refractivity contribution in [1.29, 1.82) is 0 Å². The standard InChI is InChI=1S/C8H17NO2/c1-4-9-8(10)6-5-7(2)11-3/h7H,4-6H2,1-3H3,(H,9,10). The molecule has 0 aromatic rings. The summed E-state index contributed by atoms with van der Waals surface area (Å²) in [6, 6.07) is 0. The zero-order valence-electron chi connectivity index (χ0n) is 7.52. The van der Waals surface area contributed by atoms with Crippen LogP contribution < -0.4 is 5.32 Å². The maximum Gasteiger partial charge on any atom is 0.220 e. The van der Waals surface area contributed by atoms with Crippen molar-refractivity contribution in [3.05, 3.63) is 0 Å². The van der Waals surface area contributed by atoms with Gasteiger partial charge in [0.05, 0.1) is 6.10 Å². The lowest BCUT2D eigenvalue weighted by Crippen LogP contribution is -2.23. The number of amides is 1. The molecule has 0 spiro atoms. The van der Waals surface area contributed by atoms with E-state index in [0.717, 1.165) is 6.42 Å². The molecule has 0 bridgehead atoms. The average Bonchev–Trinajstić information content (AvgIpc) is 2.01. The summed E-state index contributed by atoms with van der Waals surface area (Å²) < 4.78 is 5.00. The highest BCUT2D eigenvalue weighted by Gasteiger charge is 2.03. The zero-order valence-corrected chi connectivity index (χ0v) is 7.52. The zero-order chi connectivity index (χ0) is 8.69. The van der Waals surface area contributed by atoms with Crippen molar-refractivity contribution in [2.45, 2.75) is 32.8 Å². The molecule has 0 aromatic heterocycles. The van der Waals surface area contributed by atoms with Crippen LogP contribution in [0.3, 0.4) is 0 Å². The molecule has 3 nitrogen and oxygen atoms in total. The molecule has 66 valence electrons. The van der Waals surface area contributed by atoms with Gasteiger partial charge in [-0.3, -0.25) is 4.79 Å². The van der Waals surface area contributed by atoms with Crippen LogP contribution >= 0.6 is 0 Å². The SMILES string of the molecule is CCNC(=O)CCC(C)OC. The second kappa shape index (κ2) is 6.16. The fourth-order valence-electron chi connectivity index (χ4n) is 0.738. The summed E-state index contributed by atoms with van der Waals surface area (Å²) in [5.41, 5.74) is 0. The van der Waals surface area contributed by atoms with Gasteiger partial charge in [0.15, 0.2) is 0 Å². The summed E-state index contributed by atoms with van der Waals surface area (Å²) in [4.78, 5) is 10.9. The molecule has 0 fully saturated rings. The van der Waals surface area contributed by atoms with Crippen molar-refractivity contribution >= 4 is 5.91 Å². The van der Waals surface area contributed by atoms with E-state index in [-0.39, 0.29) is 12.0 Å². The van der Waals surface area contributed by atoms with Crippen LogP contribution in [0.25, 0.3) is 0 Å². The smallest absolute Gasteiger partial charge is 0.220 e. The molecule has 0 saturated heterocycles. The third-order valence-corrected chi connectivity index (χ3v) is 1.55. The van der Waals surface area contributed by atoms with E-state index in [9.17, 15) is 4.79 Å². The molecule has 0 aromatic carbocycles. The number of rotatable bonds is 5. The second-order valence-corrected chi connectivity index (χ2v) is 2.54. The van der Waals surface area contributed by atoms with Gasteiger partial charge in [0.25, 0.3) is 0 Å². The lowest BCUT2D eigenvalue weighted by atomic mass is 10.2. The maximum absolute atomic E-state index is 10.9. The maximum atomic E-state index is 10.9. The van der Waals surface area contributed by atoms with E-state index in [1.165, 1.54) is 0 Å². The molecule has 3 heteroatoms. The minimum atomic E-state index is 0.108. The van der Waals surface area contributed by atoms with E-state index in [1.807, 2.05) is 13.8 Å². The third kappa shape index (κ3) is 5.85. The van der Waals surface area contributed by atoms with Crippen molar-refractivity contribution < 1.29 is 9.53 Å². The molecule has 1 amide bonds. The summed E-state index contributed by atoms with van der Waals surface area (Å²) in [7, 11) is 1.66. The molecule has 11 heavy (non-hydrogen) atoms. The summed E-state index contributed by atoms with van der Waals surface area (Å²) in [5.74, 6) is 0.108. The van der Waals surface area contributed by atoms with Crippen molar-refractivity contribution in [3.63, 3.8) is 0 Å². The molecular weight excluding hydrogens is 142 g/mol. The fourth-order valence-corrected chi connectivity index (χ4v) is 0.738. The summed E-state index contributed by atoms with van der Waals surface area (Å²) >= 11 is 0. The largest absolute Gasteiger partial charge is 0.382 e. The summed E-state index contributed by atoms with van der Waals surface area (Å²) in [6.07, 6.45) is 1.53. The predicted molar refractivity (Wildman–Crippen MR) is 44.4 cm³/mol. The summed E-state index contributed by atoms with van der Waals surface area (Å²) in [6.45, 7) is 4.58. The van der Waals surface area contributed by atoms with Gasteiger partial charge in [-0.05, 0) is 20.3 Å². The van der Waals surface area contributed by atoms with E-state index < -0.39 is 0 Å². The van der Waals surface area contributed by atoms with Gasteiger partial charge in [-0.25, -0.2) is 0 Å². The first-order valence-electron chi connectivity index (χ1n) is 4.00. The van der Waals surface area contributed by atoms with Crippen molar-refractivity contribution in [2.75, 3.05) is 13.7 Å². The minimum absolute atomic E-state index is 0.108. The molecular formula is C8H17NO2. The van der Waals surface area contributed by atoms with E-state index in [4.69, 9.17) is 4.74 Å². The molecule has 1 atom stereocenters. The summed E-state index contributed by atoms with van der Waals surface area (Å²) in [5, 5.41) is 2.73. The predicted octanol–water partition coefficient (Wildman–Crippen LogP) is 0.938. The molecule has 0 aliphatic carbocycles. The van der Waals surface area contributed by atoms with Crippen molar-refractivity contribution in [3.8, 4) is 0 Å². The molecule has 0 saturated carbocycles. The van der Waals surface area contributed by atoms with Gasteiger partial charge in [0.1, 0.15) is 0 Å². The molecule has 0 heterocycles. The van der Waals surface area contributed by atoms with E-state index in [0.29, 0.717) is 13.0 Å². The Kier molecular flexibility index (Phi) is 5.84. The first kappa shape index (κ1) is 10.4. The Bertz CT molecular complexity index is 115. The number of ether oxygens (including phenoxy) is 1. The number of hydrogen-bond acceptors (Lipinski definition) is 2. The van der Waals surface area contributed by atoms with Crippen LogP contribution in [0.15, 0.2) is 0 Å². The molecule has 0 radical (unpaired) electrons. The molecule has 0 aliphatic heterocycles. The number of carbonyl (C=O) groups excluding carboxylic acids is 1. The first-order valence-corrected chi connectivity index (χ1v) is 4.00. The average molecular weight is 159 g/mol. The number of carbonyl (C=O) groups is 1. The van der Waals surface area contributed by atoms with Crippen LogP contribution in [0.4, 0.5) is 0 Å². The Hall–Kier alpha value is -0.570. The highest BCUT2D eigenvalue weighted by Crippen LogP contribution is 1.98. The lowest BCUT2D eigenvalue weighted by molar-refractivity contribution is -0.121. The van der Waals surface area contributed by atoms with Crippen LogP contribution in [0.5, 0.6) is 0 Å². The Morgan fingerprint density at radius 2 is 2.27 bits per heavy atom. The Morgan fingerprint density at radius 3 is 2.73 bits per heavy atom. The quantitative estimate of drug-likeness (QED) is 0.648. The van der Waals surface area contributed by atoms with Gasteiger partial charge in [-0.1, -0.05) is 0 Å². The third-order valence-electron chi connectivity index (χ3n) is 1.55. The highest BCUT2D eigenvalue weighted by molar-refractivity contribution is 5.75. The van der Waals surface area contributed by atoms with Gasteiger partial charge >= 0.3 is 0 Å². The molecule has 0 aliphatic rings. The highest BCUT2D eigenvalue weighted by atomic mass is 16.5. The van der Waals surface area contributed by atoms with Crippen LogP contribution in [0.2, 0.25) is 0 Å². The molecule has 0 rings (SSSR count). The van der Waals surface area contributed by atoms with Gasteiger partial charge in [-0.15, -0.1) is 0 Å². The second-order valence-electron chi connectivity index (χ2n) is 2.54. The van der Waals surface area contributed by atoms with E-state index >= 15 is 0 Å². The normalized spacial score (nSPS) is 12.6. The number of hydrogen-bond donors (Lipinski definition) is 1. The van der Waals surface area contributed by atoms with E-state index in [1.54, 1.807) is 7.11 Å². The Balaban J connectivity index is 3.30. The van der Waals surface area contributed by atoms with Crippen molar-refractivity contribution in [1.82, 2.24) is 5.32 Å². The Labute approximate surface area is 68.1 Å². The fraction of sp³-hybridized carbons (Fsp3) is 0.875. The van der Waals surface area contributed by atoms with Crippen LogP contribution in [0, 0.1) is 0 Å². The number of nitrogens with one attached hydrogen (secondary N) is 1. The van der Waals surface area contributed by atoms with Crippen LogP contribution in [-0.2, 0) is 9.53 Å². The lowest BCUT2D eigenvalue weighted by Gasteiger charge is -2.07. The van der Waals surface area contributed by atoms with Crippen LogP contribution in [0.1, 0.15) is 26.7 Å². The molecule has 1 unspecified atom stereocenters. The van der Waals surface area contributed by atoms with Crippen molar-refractivity contribution in [2.24, 2.45) is 0 Å². The molecule has 1 N–H and O–H groups in total. The van der Waals surface area contributed by atoms with Gasteiger partial charge in [0.2, 0.25) is 5.91 Å². The van der Waals surface area contributed by atoms with E-state index in [2.05, 4.69) is 5.32 Å². The van der Waals surface area contributed by atoms with Gasteiger partial charge < -0.3 is 10.1 Å². The first-order chi connectivity index (χ1) is 5.20. The van der Waals surface area contributed by atoms with Gasteiger partial charge in [-0.2, -0.15) is 0 Å². The monoisotopic (exact) mass is 159 g/mol. The number of methoxy groups -OCH3 is 1. The van der Waals surface area contributed by atoms with Gasteiger partial charge in [0, 0.05) is 20.1 Å². The Morgan fingerprint density at radius 1 is 1.64 bits per heavy atom.